The summed E-state index contributed by atoms with van der Waals surface area (Å²) in [6.45, 7) is 22.3. The van der Waals surface area contributed by atoms with Crippen molar-refractivity contribution in [1.82, 2.24) is 9.78 Å². The number of amides is 1. The van der Waals surface area contributed by atoms with E-state index in [4.69, 9.17) is 16.0 Å². The molecule has 0 saturated carbocycles. The van der Waals surface area contributed by atoms with Crippen LogP contribution in [0.2, 0.25) is 0 Å². The predicted molar refractivity (Wildman–Crippen MR) is 201 cm³/mol. The Hall–Kier alpha value is -5.62. The van der Waals surface area contributed by atoms with Gasteiger partial charge in [-0.3, -0.25) is 14.7 Å². The van der Waals surface area contributed by atoms with Crippen LogP contribution in [0.1, 0.15) is 78.9 Å². The molecular formula is C42H45FN4O4. The number of nitrogens with one attached hydrogen (secondary N) is 2. The highest BCUT2D eigenvalue weighted by molar-refractivity contribution is 5.96. The largest absolute Gasteiger partial charge is 0.480 e. The van der Waals surface area contributed by atoms with Crippen molar-refractivity contribution in [3.8, 4) is 34.2 Å². The van der Waals surface area contributed by atoms with Gasteiger partial charge in [0.2, 0.25) is 5.75 Å². The lowest BCUT2D eigenvalue weighted by atomic mass is 9.76. The molecule has 0 aliphatic carbocycles. The maximum absolute atomic E-state index is 14.1. The van der Waals surface area contributed by atoms with Crippen LogP contribution in [0.4, 0.5) is 15.8 Å². The minimum absolute atomic E-state index is 0.0112. The first-order valence-electron chi connectivity index (χ1n) is 17.3. The van der Waals surface area contributed by atoms with Crippen LogP contribution in [0.15, 0.2) is 95.8 Å². The Balaban J connectivity index is 1.50. The van der Waals surface area contributed by atoms with E-state index < -0.39 is 17.5 Å². The van der Waals surface area contributed by atoms with Crippen LogP contribution in [0, 0.1) is 12.4 Å². The number of para-hydroxylation sites is 2. The quantitative estimate of drug-likeness (QED) is 0.121. The predicted octanol–water partition coefficient (Wildman–Crippen LogP) is 10.5. The summed E-state index contributed by atoms with van der Waals surface area (Å²) >= 11 is 0. The Morgan fingerprint density at radius 1 is 0.922 bits per heavy atom. The molecule has 0 radical (unpaired) electrons. The number of carbonyl (C=O) groups excluding carboxylic acids is 1. The van der Waals surface area contributed by atoms with E-state index in [2.05, 4.69) is 68.9 Å². The maximum atomic E-state index is 14.1. The molecular weight excluding hydrogens is 643 g/mol. The van der Waals surface area contributed by atoms with Crippen molar-refractivity contribution in [1.29, 1.82) is 0 Å². The van der Waals surface area contributed by atoms with Gasteiger partial charge in [-0.1, -0.05) is 84.9 Å². The topological polar surface area (TPSA) is 89.7 Å². The first kappa shape index (κ1) is 36.7. The van der Waals surface area contributed by atoms with Crippen molar-refractivity contribution in [3.63, 3.8) is 0 Å². The minimum Gasteiger partial charge on any atom is -0.480 e. The molecule has 0 aliphatic rings. The number of aromatic amines is 1. The second-order valence-electron chi connectivity index (χ2n) is 13.9. The molecule has 5 rings (SSSR count). The first-order valence-corrected chi connectivity index (χ1v) is 17.3. The fraction of sp³-hybridized carbons (Fsp3) is 0.310. The second-order valence-corrected chi connectivity index (χ2v) is 13.9. The van der Waals surface area contributed by atoms with Crippen molar-refractivity contribution >= 4 is 17.3 Å². The van der Waals surface area contributed by atoms with E-state index in [1.165, 1.54) is 22.4 Å². The number of nitrogens with zero attached hydrogens (tertiary/aromatic N) is 2. The van der Waals surface area contributed by atoms with E-state index in [1.807, 2.05) is 13.0 Å². The minimum atomic E-state index is -0.818. The third-order valence-electron chi connectivity index (χ3n) is 9.76. The fourth-order valence-electron chi connectivity index (χ4n) is 5.65. The molecule has 8 nitrogen and oxygen atoms in total. The van der Waals surface area contributed by atoms with Gasteiger partial charge < -0.3 is 14.8 Å². The molecule has 1 heterocycles. The molecule has 264 valence electrons. The second kappa shape index (κ2) is 15.1. The Bertz CT molecular complexity index is 2100. The lowest BCUT2D eigenvalue weighted by Crippen LogP contribution is -2.34. The van der Waals surface area contributed by atoms with Gasteiger partial charge in [0.1, 0.15) is 23.0 Å². The standard InChI is InChI=1S/C42H45FN4O4/c1-9-35(51-36-25-18-28(41(4,5)10-2)26-32(36)42(6,7)11-3)39(48)45-33-14-12-13-15-34(33)47-40(49)38(50-31-23-21-30(44-8)22-24-31)37(46-47)27-16-19-29(43)20-17-27/h12-26,35,46H,9-11H2,1-7H3,(H,45,48). The molecule has 0 aliphatic heterocycles. The molecule has 1 aromatic heterocycles. The summed E-state index contributed by atoms with van der Waals surface area (Å²) in [5.41, 5.74) is 3.54. The van der Waals surface area contributed by atoms with Gasteiger partial charge in [0, 0.05) is 11.1 Å². The van der Waals surface area contributed by atoms with E-state index in [-0.39, 0.29) is 22.5 Å². The average Bonchev–Trinajstić information content (AvgIpc) is 3.45. The summed E-state index contributed by atoms with van der Waals surface area (Å²) in [6.07, 6.45) is 1.46. The molecule has 0 fully saturated rings. The summed E-state index contributed by atoms with van der Waals surface area (Å²) in [6, 6.07) is 25.3. The average molecular weight is 689 g/mol. The third kappa shape index (κ3) is 7.91. The van der Waals surface area contributed by atoms with Gasteiger partial charge in [0.25, 0.3) is 5.91 Å². The Labute approximate surface area is 299 Å². The third-order valence-corrected chi connectivity index (χ3v) is 9.76. The zero-order valence-corrected chi connectivity index (χ0v) is 30.3. The van der Waals surface area contributed by atoms with E-state index in [9.17, 15) is 14.0 Å². The van der Waals surface area contributed by atoms with E-state index in [0.717, 1.165) is 18.4 Å². The molecule has 1 unspecified atom stereocenters. The maximum Gasteiger partial charge on any atom is 0.314 e. The summed E-state index contributed by atoms with van der Waals surface area (Å²) in [7, 11) is 0. The molecule has 5 aromatic rings. The Morgan fingerprint density at radius 2 is 1.59 bits per heavy atom. The van der Waals surface area contributed by atoms with Crippen molar-refractivity contribution in [2.75, 3.05) is 5.32 Å². The van der Waals surface area contributed by atoms with Crippen LogP contribution in [0.3, 0.4) is 0 Å². The number of benzene rings is 4. The van der Waals surface area contributed by atoms with Gasteiger partial charge in [-0.2, -0.15) is 0 Å². The highest BCUT2D eigenvalue weighted by Gasteiger charge is 2.29. The first-order chi connectivity index (χ1) is 24.3. The highest BCUT2D eigenvalue weighted by atomic mass is 19.1. The van der Waals surface area contributed by atoms with Gasteiger partial charge in [0.15, 0.2) is 11.8 Å². The molecule has 9 heteroatoms. The van der Waals surface area contributed by atoms with Crippen molar-refractivity contribution in [2.45, 2.75) is 84.7 Å². The van der Waals surface area contributed by atoms with Gasteiger partial charge in [-0.15, -0.1) is 0 Å². The van der Waals surface area contributed by atoms with E-state index in [1.54, 1.807) is 60.7 Å². The van der Waals surface area contributed by atoms with Crippen LogP contribution in [0.25, 0.3) is 21.8 Å². The van der Waals surface area contributed by atoms with Gasteiger partial charge >= 0.3 is 5.56 Å². The molecule has 0 bridgehead atoms. The molecule has 0 spiro atoms. The number of H-pyrrole nitrogens is 1. The molecule has 1 amide bonds. The fourth-order valence-corrected chi connectivity index (χ4v) is 5.65. The van der Waals surface area contributed by atoms with Gasteiger partial charge in [-0.25, -0.2) is 13.9 Å². The number of ether oxygens (including phenoxy) is 2. The van der Waals surface area contributed by atoms with Crippen molar-refractivity contribution in [2.24, 2.45) is 0 Å². The number of hydrogen-bond acceptors (Lipinski definition) is 4. The van der Waals surface area contributed by atoms with E-state index >= 15 is 0 Å². The smallest absolute Gasteiger partial charge is 0.314 e. The SMILES string of the molecule is [C-]#[N+]c1ccc(Oc2c(-c3ccc(F)cc3)[nH]n(-c3ccccc3NC(=O)C(CC)Oc3ccc(C(C)(C)CC)cc3C(C)(C)CC)c2=O)cc1. The number of anilines is 1. The molecule has 0 saturated heterocycles. The zero-order chi connectivity index (χ0) is 36.9. The van der Waals surface area contributed by atoms with Crippen LogP contribution in [-0.2, 0) is 15.6 Å². The van der Waals surface area contributed by atoms with Crippen LogP contribution < -0.4 is 20.3 Å². The van der Waals surface area contributed by atoms with Crippen molar-refractivity contribution in [3.05, 3.63) is 130 Å². The monoisotopic (exact) mass is 688 g/mol. The van der Waals surface area contributed by atoms with Gasteiger partial charge in [0.05, 0.1) is 17.9 Å². The van der Waals surface area contributed by atoms with E-state index in [0.29, 0.717) is 46.2 Å². The summed E-state index contributed by atoms with van der Waals surface area (Å²) in [4.78, 5) is 31.4. The van der Waals surface area contributed by atoms with Crippen LogP contribution >= 0.6 is 0 Å². The Kier molecular flexibility index (Phi) is 10.8. The number of carbonyl (C=O) groups is 1. The van der Waals surface area contributed by atoms with Gasteiger partial charge in [-0.05, 0) is 90.3 Å². The van der Waals surface area contributed by atoms with Crippen LogP contribution in [0.5, 0.6) is 17.2 Å². The van der Waals surface area contributed by atoms with Crippen molar-refractivity contribution < 1.29 is 18.7 Å². The number of hydrogen-bond donors (Lipinski definition) is 2. The lowest BCUT2D eigenvalue weighted by Gasteiger charge is -2.31. The highest BCUT2D eigenvalue weighted by Crippen LogP contribution is 2.39. The number of rotatable bonds is 13. The molecule has 51 heavy (non-hydrogen) atoms. The summed E-state index contributed by atoms with van der Waals surface area (Å²) in [5, 5.41) is 6.12. The summed E-state index contributed by atoms with van der Waals surface area (Å²) < 4.78 is 27.7. The number of halogens is 1. The molecule has 1 atom stereocenters. The number of aromatic nitrogens is 2. The van der Waals surface area contributed by atoms with Crippen LogP contribution in [-0.4, -0.2) is 21.8 Å². The molecule has 2 N–H and O–H groups in total. The lowest BCUT2D eigenvalue weighted by molar-refractivity contribution is -0.122. The zero-order valence-electron chi connectivity index (χ0n) is 30.3. The summed E-state index contributed by atoms with van der Waals surface area (Å²) in [5.74, 6) is 0.190. The Morgan fingerprint density at radius 3 is 2.22 bits per heavy atom. The normalized spacial score (nSPS) is 12.2. The molecule has 4 aromatic carbocycles.